The molecular formula is C28H26FN9O3. The molecule has 208 valence electrons. The average molecular weight is 556 g/mol. The molecule has 1 aliphatic rings. The Morgan fingerprint density at radius 1 is 1.12 bits per heavy atom. The van der Waals surface area contributed by atoms with Crippen molar-refractivity contribution in [1.29, 1.82) is 0 Å². The maximum Gasteiger partial charge on any atom is 0.269 e. The van der Waals surface area contributed by atoms with Crippen LogP contribution in [0.15, 0.2) is 71.3 Å². The van der Waals surface area contributed by atoms with Crippen LogP contribution in [0.3, 0.4) is 0 Å². The van der Waals surface area contributed by atoms with Crippen LogP contribution in [0.25, 0.3) is 22.6 Å². The lowest BCUT2D eigenvalue weighted by molar-refractivity contribution is -0.117. The Bertz CT molecular complexity index is 1700. The van der Waals surface area contributed by atoms with E-state index in [0.717, 1.165) is 5.56 Å². The summed E-state index contributed by atoms with van der Waals surface area (Å²) in [5, 5.41) is 21.3. The number of carbonyl (C=O) groups is 2. The van der Waals surface area contributed by atoms with Crippen molar-refractivity contribution >= 4 is 28.6 Å². The number of pyridine rings is 1. The largest absolute Gasteiger partial charge is 0.436 e. The number of nitrogens with zero attached hydrogens (tertiary/aromatic N) is 6. The van der Waals surface area contributed by atoms with Gasteiger partial charge in [-0.1, -0.05) is 30.3 Å². The van der Waals surface area contributed by atoms with Crippen LogP contribution in [-0.2, 0) is 11.8 Å². The van der Waals surface area contributed by atoms with Crippen molar-refractivity contribution in [3.63, 3.8) is 0 Å². The van der Waals surface area contributed by atoms with Crippen molar-refractivity contribution in [3.8, 4) is 11.5 Å². The zero-order valence-corrected chi connectivity index (χ0v) is 22.0. The summed E-state index contributed by atoms with van der Waals surface area (Å²) in [6.07, 6.45) is 0.696. The third-order valence-electron chi connectivity index (χ3n) is 6.62. The Morgan fingerprint density at radius 2 is 1.95 bits per heavy atom. The molecule has 1 saturated carbocycles. The lowest BCUT2D eigenvalue weighted by atomic mass is 10.1. The van der Waals surface area contributed by atoms with Crippen LogP contribution in [0.1, 0.15) is 34.3 Å². The summed E-state index contributed by atoms with van der Waals surface area (Å²) in [6.45, 7) is 0.774. The molecule has 0 saturated heterocycles. The number of fused-ring (bicyclic) bond motifs is 1. The summed E-state index contributed by atoms with van der Waals surface area (Å²) in [4.78, 5) is 35.0. The number of oxazole rings is 1. The Labute approximate surface area is 233 Å². The minimum absolute atomic E-state index is 0.207. The van der Waals surface area contributed by atoms with Gasteiger partial charge in [-0.15, -0.1) is 10.2 Å². The van der Waals surface area contributed by atoms with Gasteiger partial charge >= 0.3 is 0 Å². The van der Waals surface area contributed by atoms with E-state index in [1.807, 2.05) is 30.3 Å². The number of benzene rings is 2. The van der Waals surface area contributed by atoms with Crippen LogP contribution in [0, 0.1) is 5.92 Å². The number of tetrazole rings is 1. The molecule has 1 aliphatic carbocycles. The van der Waals surface area contributed by atoms with Crippen LogP contribution in [0.5, 0.6) is 0 Å². The second-order valence-corrected chi connectivity index (χ2v) is 9.67. The Balaban J connectivity index is 1.08. The first-order chi connectivity index (χ1) is 19.9. The molecule has 0 radical (unpaired) electrons. The number of amides is 2. The fourth-order valence-electron chi connectivity index (χ4n) is 4.39. The van der Waals surface area contributed by atoms with Crippen molar-refractivity contribution in [3.05, 3.63) is 83.9 Å². The third-order valence-corrected chi connectivity index (χ3v) is 6.62. The topological polar surface area (TPSA) is 153 Å². The number of rotatable bonds is 10. The monoisotopic (exact) mass is 555 g/mol. The Kier molecular flexibility index (Phi) is 7.17. The van der Waals surface area contributed by atoms with E-state index in [2.05, 4.69) is 41.3 Å². The molecule has 13 heteroatoms. The number of aromatic nitrogens is 6. The van der Waals surface area contributed by atoms with Crippen LogP contribution in [0.4, 0.5) is 10.1 Å². The van der Waals surface area contributed by atoms with E-state index in [1.54, 1.807) is 37.4 Å². The number of carbonyl (C=O) groups excluding carboxylic acids is 2. The van der Waals surface area contributed by atoms with Gasteiger partial charge in [0, 0.05) is 30.5 Å². The fourth-order valence-corrected chi connectivity index (χ4v) is 4.39. The van der Waals surface area contributed by atoms with Crippen molar-refractivity contribution < 1.29 is 18.4 Å². The molecule has 1 unspecified atom stereocenters. The Morgan fingerprint density at radius 3 is 2.71 bits per heavy atom. The number of alkyl halides is 1. The van der Waals surface area contributed by atoms with Gasteiger partial charge < -0.3 is 20.4 Å². The molecular weight excluding hydrogens is 529 g/mol. The summed E-state index contributed by atoms with van der Waals surface area (Å²) < 4.78 is 19.0. The number of hydrogen-bond acceptors (Lipinski definition) is 9. The van der Waals surface area contributed by atoms with E-state index >= 15 is 0 Å². The van der Waals surface area contributed by atoms with E-state index in [-0.39, 0.29) is 30.0 Å². The van der Waals surface area contributed by atoms with E-state index in [9.17, 15) is 14.0 Å². The standard InChI is InChI=1S/C28H26FN9O3/c1-38-36-25(35-37-38)24(16-5-3-2-4-6-16)31-11-12-32-27(40)22-13-17(9-10-30-22)28-34-21-14-18(7-8-23(21)41-28)33-26(39)19-15-20(19)29/h2-10,13-14,19-20,24,31H,11-12,15H2,1H3,(H,32,40)(H,33,39)/t19-,20-,24?/m1/s1. The van der Waals surface area contributed by atoms with Crippen LogP contribution < -0.4 is 16.0 Å². The highest BCUT2D eigenvalue weighted by Gasteiger charge is 2.43. The van der Waals surface area contributed by atoms with Gasteiger partial charge in [0.05, 0.1) is 19.0 Å². The predicted octanol–water partition coefficient (Wildman–Crippen LogP) is 2.82. The summed E-state index contributed by atoms with van der Waals surface area (Å²) in [7, 11) is 1.70. The fraction of sp³-hybridized carbons (Fsp3) is 0.250. The minimum Gasteiger partial charge on any atom is -0.436 e. The van der Waals surface area contributed by atoms with Crippen molar-refractivity contribution in [1.82, 2.24) is 40.8 Å². The molecule has 3 atom stereocenters. The first-order valence-corrected chi connectivity index (χ1v) is 13.1. The minimum atomic E-state index is -1.07. The molecule has 0 spiro atoms. The van der Waals surface area contributed by atoms with Gasteiger partial charge in [-0.05, 0) is 47.5 Å². The van der Waals surface area contributed by atoms with Gasteiger partial charge in [-0.25, -0.2) is 9.37 Å². The molecule has 2 aromatic carbocycles. The van der Waals surface area contributed by atoms with Gasteiger partial charge in [0.25, 0.3) is 5.91 Å². The molecule has 3 aromatic heterocycles. The quantitative estimate of drug-likeness (QED) is 0.221. The van der Waals surface area contributed by atoms with Gasteiger partial charge in [-0.3, -0.25) is 14.6 Å². The smallest absolute Gasteiger partial charge is 0.269 e. The number of anilines is 1. The third kappa shape index (κ3) is 5.94. The first-order valence-electron chi connectivity index (χ1n) is 13.1. The summed E-state index contributed by atoms with van der Waals surface area (Å²) >= 11 is 0. The van der Waals surface area contributed by atoms with Crippen molar-refractivity contribution in [2.24, 2.45) is 13.0 Å². The Hall–Kier alpha value is -5.04. The molecule has 12 nitrogen and oxygen atoms in total. The normalized spacial score (nSPS) is 16.8. The van der Waals surface area contributed by atoms with Crippen molar-refractivity contribution in [2.45, 2.75) is 18.6 Å². The van der Waals surface area contributed by atoms with Gasteiger partial charge in [-0.2, -0.15) is 4.80 Å². The van der Waals surface area contributed by atoms with Gasteiger partial charge in [0.15, 0.2) is 11.4 Å². The number of hydrogen-bond donors (Lipinski definition) is 3. The predicted molar refractivity (Wildman–Crippen MR) is 146 cm³/mol. The average Bonchev–Trinajstić information content (AvgIpc) is 3.35. The summed E-state index contributed by atoms with van der Waals surface area (Å²) in [5.74, 6) is -0.453. The molecule has 41 heavy (non-hydrogen) atoms. The SMILES string of the molecule is Cn1nnc(C(NCCNC(=O)c2cc(-c3nc4cc(NC(=O)[C@@H]5C[C@H]5F)ccc4o3)ccn2)c2ccccc2)n1. The van der Waals surface area contributed by atoms with E-state index in [0.29, 0.717) is 47.2 Å². The molecule has 3 heterocycles. The maximum absolute atomic E-state index is 13.2. The molecule has 5 aromatic rings. The highest BCUT2D eigenvalue weighted by atomic mass is 19.1. The van der Waals surface area contributed by atoms with Crippen LogP contribution >= 0.6 is 0 Å². The van der Waals surface area contributed by atoms with E-state index in [1.165, 1.54) is 11.0 Å². The molecule has 3 N–H and O–H groups in total. The molecule has 2 amide bonds. The van der Waals surface area contributed by atoms with Crippen molar-refractivity contribution in [2.75, 3.05) is 18.4 Å². The molecule has 0 bridgehead atoms. The van der Waals surface area contributed by atoms with Gasteiger partial charge in [0.2, 0.25) is 11.8 Å². The molecule has 0 aliphatic heterocycles. The summed E-state index contributed by atoms with van der Waals surface area (Å²) in [6, 6.07) is 17.8. The first kappa shape index (κ1) is 26.2. The zero-order chi connectivity index (χ0) is 28.3. The highest BCUT2D eigenvalue weighted by Crippen LogP contribution is 2.35. The lowest BCUT2D eigenvalue weighted by Crippen LogP contribution is -2.34. The lowest BCUT2D eigenvalue weighted by Gasteiger charge is -2.16. The summed E-state index contributed by atoms with van der Waals surface area (Å²) in [5.41, 5.74) is 3.29. The number of nitrogens with one attached hydrogen (secondary N) is 3. The highest BCUT2D eigenvalue weighted by molar-refractivity contribution is 5.96. The second kappa shape index (κ2) is 11.2. The molecule has 1 fully saturated rings. The van der Waals surface area contributed by atoms with Crippen LogP contribution in [0.2, 0.25) is 0 Å². The zero-order valence-electron chi connectivity index (χ0n) is 22.0. The maximum atomic E-state index is 13.2. The van der Waals surface area contributed by atoms with E-state index in [4.69, 9.17) is 4.42 Å². The second-order valence-electron chi connectivity index (χ2n) is 9.67. The van der Waals surface area contributed by atoms with E-state index < -0.39 is 12.1 Å². The number of halogens is 1. The van der Waals surface area contributed by atoms with Gasteiger partial charge in [0.1, 0.15) is 17.4 Å². The number of aryl methyl sites for hydroxylation is 1. The van der Waals surface area contributed by atoms with Crippen LogP contribution in [-0.4, -0.2) is 61.3 Å². The molecule has 6 rings (SSSR count).